The number of nitrogens with zero attached hydrogens (tertiary/aromatic N) is 1. The van der Waals surface area contributed by atoms with E-state index in [1.807, 2.05) is 0 Å². The van der Waals surface area contributed by atoms with Crippen molar-refractivity contribution < 1.29 is 33.3 Å². The molecule has 0 N–H and O–H groups in total. The van der Waals surface area contributed by atoms with Gasteiger partial charge in [-0.2, -0.15) is 4.40 Å². The van der Waals surface area contributed by atoms with Gasteiger partial charge in [-0.25, -0.2) is 18.6 Å². The number of fused-ring (bicyclic) bond motifs is 2. The van der Waals surface area contributed by atoms with E-state index in [2.05, 4.69) is 67.0 Å². The first-order valence-electron chi connectivity index (χ1n) is 6.18. The monoisotopic (exact) mass is 307 g/mol. The van der Waals surface area contributed by atoms with Crippen LogP contribution in [-0.2, 0) is 0 Å². The summed E-state index contributed by atoms with van der Waals surface area (Å²) in [6, 6.07) is 12.8. The van der Waals surface area contributed by atoms with Crippen molar-refractivity contribution in [3.63, 3.8) is 0 Å². The van der Waals surface area contributed by atoms with Crippen LogP contribution in [0.4, 0.5) is 0 Å². The van der Waals surface area contributed by atoms with Gasteiger partial charge in [-0.15, -0.1) is 10.2 Å². The largest absolute Gasteiger partial charge is 0.222 e. The third kappa shape index (κ3) is 3.87. The van der Waals surface area contributed by atoms with Gasteiger partial charge < -0.3 is 0 Å². The number of halogens is 1. The molecule has 5 nitrogen and oxygen atoms in total. The highest BCUT2D eigenvalue weighted by Crippen LogP contribution is 2.22. The van der Waals surface area contributed by atoms with Crippen molar-refractivity contribution in [2.24, 2.45) is 0 Å². The highest BCUT2D eigenvalue weighted by atomic mass is 35.7. The fourth-order valence-corrected chi connectivity index (χ4v) is 2.34. The van der Waals surface area contributed by atoms with Gasteiger partial charge in [0.05, 0.1) is 0 Å². The smallest absolute Gasteiger partial charge is 0.214 e. The number of hydrogen-bond acceptors (Lipinski definition) is 4. The summed E-state index contributed by atoms with van der Waals surface area (Å²) in [4.78, 5) is 0. The zero-order valence-corrected chi connectivity index (χ0v) is 12.3. The molecule has 0 atom stereocenters. The Morgan fingerprint density at radius 3 is 2.19 bits per heavy atom. The Kier molecular flexibility index (Phi) is 4.41. The highest BCUT2D eigenvalue weighted by molar-refractivity contribution is 5.90. The first-order chi connectivity index (χ1) is 9.77. The lowest BCUT2D eigenvalue weighted by Gasteiger charge is -2.17. The number of aryl methyl sites for hydroxylation is 2. The second-order valence-electron chi connectivity index (χ2n) is 4.66. The van der Waals surface area contributed by atoms with Crippen LogP contribution in [0, 0.1) is 24.1 Å². The van der Waals surface area contributed by atoms with E-state index in [1.165, 1.54) is 27.4 Å². The Morgan fingerprint density at radius 2 is 1.52 bits per heavy atom. The molecule has 0 saturated carbocycles. The molecule has 0 spiro atoms. The van der Waals surface area contributed by atoms with Crippen molar-refractivity contribution >= 4 is 16.3 Å². The van der Waals surface area contributed by atoms with E-state index in [4.69, 9.17) is 18.6 Å². The highest BCUT2D eigenvalue weighted by Gasteiger charge is 2.10. The minimum Gasteiger partial charge on any atom is -0.222 e. The fourth-order valence-electron chi connectivity index (χ4n) is 2.34. The Hall–Kier alpha value is -1.76. The molecule has 1 aromatic carbocycles. The van der Waals surface area contributed by atoms with Crippen molar-refractivity contribution in [3.8, 4) is 0 Å². The summed E-state index contributed by atoms with van der Waals surface area (Å²) >= 11 is 0. The van der Waals surface area contributed by atoms with Gasteiger partial charge in [-0.3, -0.25) is 0 Å². The summed E-state index contributed by atoms with van der Waals surface area (Å²) in [6.45, 7) is 4.36. The maximum Gasteiger partial charge on any atom is 0.214 e. The normalized spacial score (nSPS) is 11.3. The zero-order chi connectivity index (χ0) is 15.6. The SMILES string of the molecule is Cc1cccc2c(C)c3cccc[n+]3cc12.[O-][Cl+3]([O-])([O-])[O-]. The van der Waals surface area contributed by atoms with Gasteiger partial charge in [0.25, 0.3) is 0 Å². The van der Waals surface area contributed by atoms with Gasteiger partial charge in [0, 0.05) is 23.1 Å². The van der Waals surface area contributed by atoms with E-state index in [0.717, 1.165) is 0 Å². The topological polar surface area (TPSA) is 96.3 Å². The van der Waals surface area contributed by atoms with Crippen molar-refractivity contribution in [2.45, 2.75) is 13.8 Å². The molecule has 21 heavy (non-hydrogen) atoms. The van der Waals surface area contributed by atoms with Crippen LogP contribution in [0.15, 0.2) is 48.8 Å². The Labute approximate surface area is 124 Å². The van der Waals surface area contributed by atoms with Crippen LogP contribution in [0.1, 0.15) is 11.1 Å². The molecule has 3 rings (SSSR count). The number of pyridine rings is 2. The molecule has 3 aromatic rings. The van der Waals surface area contributed by atoms with Crippen LogP contribution in [0.3, 0.4) is 0 Å². The van der Waals surface area contributed by atoms with Gasteiger partial charge in [0.15, 0.2) is 12.4 Å². The van der Waals surface area contributed by atoms with Crippen molar-refractivity contribution in [3.05, 3.63) is 59.9 Å². The molecule has 0 saturated heterocycles. The zero-order valence-electron chi connectivity index (χ0n) is 11.6. The van der Waals surface area contributed by atoms with Crippen molar-refractivity contribution in [2.75, 3.05) is 0 Å². The second-order valence-corrected chi connectivity index (χ2v) is 5.42. The first kappa shape index (κ1) is 15.6. The second kappa shape index (κ2) is 5.93. The van der Waals surface area contributed by atoms with Crippen LogP contribution in [0.2, 0.25) is 0 Å². The summed E-state index contributed by atoms with van der Waals surface area (Å²) in [5, 5.41) is 2.69. The van der Waals surface area contributed by atoms with Crippen LogP contribution >= 0.6 is 0 Å². The summed E-state index contributed by atoms with van der Waals surface area (Å²) in [7, 11) is -4.94. The van der Waals surface area contributed by atoms with Gasteiger partial charge in [0.2, 0.25) is 5.52 Å². The molecule has 0 aliphatic carbocycles. The van der Waals surface area contributed by atoms with Crippen LogP contribution in [0.5, 0.6) is 0 Å². The van der Waals surface area contributed by atoms with Crippen molar-refractivity contribution in [1.82, 2.24) is 0 Å². The molecule has 0 aliphatic heterocycles. The molecule has 0 bridgehead atoms. The predicted octanol–water partition coefficient (Wildman–Crippen LogP) is -1.56. The molecule has 0 aliphatic rings. The molecular formula is C15H14ClNO4. The summed E-state index contributed by atoms with van der Waals surface area (Å²) in [5.41, 5.74) is 3.96. The Morgan fingerprint density at radius 1 is 0.857 bits per heavy atom. The number of hydrogen-bond donors (Lipinski definition) is 0. The predicted molar refractivity (Wildman–Crippen MR) is 66.6 cm³/mol. The lowest BCUT2D eigenvalue weighted by molar-refractivity contribution is -2.00. The molecule has 2 heterocycles. The number of benzene rings is 1. The molecule has 0 fully saturated rings. The molecule has 0 radical (unpaired) electrons. The third-order valence-corrected chi connectivity index (χ3v) is 3.27. The lowest BCUT2D eigenvalue weighted by atomic mass is 10.0. The molecule has 0 unspecified atom stereocenters. The molecule has 110 valence electrons. The summed E-state index contributed by atoms with van der Waals surface area (Å²) < 4.78 is 36.2. The van der Waals surface area contributed by atoms with Gasteiger partial charge in [-0.05, 0) is 30.9 Å². The fraction of sp³-hybridized carbons (Fsp3) is 0.133. The molecule has 2 aromatic heterocycles. The van der Waals surface area contributed by atoms with Gasteiger partial charge in [0.1, 0.15) is 0 Å². The van der Waals surface area contributed by atoms with E-state index in [1.54, 1.807) is 0 Å². The molecule has 0 amide bonds. The van der Waals surface area contributed by atoms with Crippen LogP contribution in [0.25, 0.3) is 16.3 Å². The van der Waals surface area contributed by atoms with E-state index in [-0.39, 0.29) is 0 Å². The number of aromatic nitrogens is 1. The Balaban J connectivity index is 0.000000282. The third-order valence-electron chi connectivity index (χ3n) is 3.27. The molecular weight excluding hydrogens is 294 g/mol. The Bertz CT molecular complexity index is 778. The lowest BCUT2D eigenvalue weighted by Crippen LogP contribution is -2.68. The van der Waals surface area contributed by atoms with E-state index >= 15 is 0 Å². The molecule has 6 heteroatoms. The van der Waals surface area contributed by atoms with Crippen LogP contribution in [-0.4, -0.2) is 0 Å². The summed E-state index contributed by atoms with van der Waals surface area (Å²) in [5.74, 6) is 0. The minimum absolute atomic E-state index is 1.28. The average Bonchev–Trinajstić information content (AvgIpc) is 2.39. The van der Waals surface area contributed by atoms with Crippen molar-refractivity contribution in [1.29, 1.82) is 0 Å². The van der Waals surface area contributed by atoms with E-state index in [9.17, 15) is 0 Å². The maximum absolute atomic E-state index is 8.49. The van der Waals surface area contributed by atoms with E-state index < -0.39 is 10.2 Å². The number of rotatable bonds is 0. The average molecular weight is 308 g/mol. The maximum atomic E-state index is 8.49. The quantitative estimate of drug-likeness (QED) is 0.370. The summed E-state index contributed by atoms with van der Waals surface area (Å²) in [6.07, 6.45) is 4.32. The van der Waals surface area contributed by atoms with Crippen LogP contribution < -0.4 is 23.0 Å². The standard InChI is InChI=1S/C15H14N.ClHO4/c1-11-6-5-7-13-12(2)15-8-3-4-9-16(15)10-14(11)13;2-1(3,4)5/h3-10H,1-2H3;(H,2,3,4,5)/q+1;/p-1. The first-order valence-corrected chi connectivity index (χ1v) is 7.41. The van der Waals surface area contributed by atoms with Gasteiger partial charge in [-0.1, -0.05) is 18.2 Å². The van der Waals surface area contributed by atoms with E-state index in [0.29, 0.717) is 0 Å². The van der Waals surface area contributed by atoms with Gasteiger partial charge >= 0.3 is 0 Å². The minimum atomic E-state index is -4.94.